The molecule has 0 aliphatic carbocycles. The van der Waals surface area contributed by atoms with Gasteiger partial charge in [-0.25, -0.2) is 4.98 Å². The molecule has 30 heavy (non-hydrogen) atoms. The van der Waals surface area contributed by atoms with Gasteiger partial charge in [-0.3, -0.25) is 4.79 Å². The first kappa shape index (κ1) is 19.1. The summed E-state index contributed by atoms with van der Waals surface area (Å²) < 4.78 is 0. The lowest BCUT2D eigenvalue weighted by Crippen LogP contribution is -2.50. The van der Waals surface area contributed by atoms with E-state index >= 15 is 0 Å². The van der Waals surface area contributed by atoms with Crippen molar-refractivity contribution in [2.75, 3.05) is 13.1 Å². The van der Waals surface area contributed by atoms with Gasteiger partial charge in [-0.15, -0.1) is 0 Å². The minimum Gasteiger partial charge on any atom is -0.379 e. The molecular weight excluding hydrogens is 400 g/mol. The maximum absolute atomic E-state index is 13.4. The van der Waals surface area contributed by atoms with Crippen LogP contribution in [0, 0.1) is 0 Å². The number of hydrogen-bond acceptors (Lipinski definition) is 4. The van der Waals surface area contributed by atoms with E-state index < -0.39 is 5.60 Å². The molecule has 3 heterocycles. The van der Waals surface area contributed by atoms with Gasteiger partial charge < -0.3 is 14.7 Å². The van der Waals surface area contributed by atoms with Crippen molar-refractivity contribution in [3.8, 4) is 0 Å². The number of amides is 1. The number of aromatic amines is 1. The fraction of sp³-hybridized carbons (Fsp3) is 0.348. The fourth-order valence-electron chi connectivity index (χ4n) is 4.38. The van der Waals surface area contributed by atoms with Crippen LogP contribution in [0.25, 0.3) is 11.0 Å². The number of carbonyl (C=O) groups is 1. The van der Waals surface area contributed by atoms with Crippen LogP contribution < -0.4 is 0 Å². The Morgan fingerprint density at radius 3 is 2.87 bits per heavy atom. The Hall–Kier alpha value is -2.86. The van der Waals surface area contributed by atoms with Gasteiger partial charge in [-0.05, 0) is 38.0 Å². The van der Waals surface area contributed by atoms with Crippen molar-refractivity contribution >= 4 is 34.3 Å². The van der Waals surface area contributed by atoms with Crippen molar-refractivity contribution in [1.29, 1.82) is 0 Å². The van der Waals surface area contributed by atoms with Crippen LogP contribution in [0.15, 0.2) is 53.7 Å². The predicted octanol–water partition coefficient (Wildman–Crippen LogP) is 4.51. The largest absolute Gasteiger partial charge is 0.379 e. The second kappa shape index (κ2) is 7.43. The van der Waals surface area contributed by atoms with E-state index in [0.29, 0.717) is 23.7 Å². The number of benzene rings is 2. The third-order valence-electron chi connectivity index (χ3n) is 6.00. The normalized spacial score (nSPS) is 24.0. The highest BCUT2D eigenvalue weighted by Crippen LogP contribution is 2.33. The summed E-state index contributed by atoms with van der Waals surface area (Å²) in [6.45, 7) is 3.16. The topological polar surface area (TPSA) is 70.6 Å². The van der Waals surface area contributed by atoms with Crippen LogP contribution in [-0.4, -0.2) is 45.2 Å². The minimum atomic E-state index is -1.01. The van der Waals surface area contributed by atoms with Crippen LogP contribution >= 0.6 is 11.6 Å². The molecule has 6 nitrogen and oxygen atoms in total. The fourth-order valence-corrected chi connectivity index (χ4v) is 4.62. The van der Waals surface area contributed by atoms with E-state index in [9.17, 15) is 4.79 Å². The number of piperidine rings is 1. The Morgan fingerprint density at radius 1 is 1.23 bits per heavy atom. The van der Waals surface area contributed by atoms with Crippen LogP contribution in [0.5, 0.6) is 0 Å². The van der Waals surface area contributed by atoms with E-state index in [-0.39, 0.29) is 11.8 Å². The van der Waals surface area contributed by atoms with Crippen molar-refractivity contribution in [1.82, 2.24) is 14.9 Å². The lowest BCUT2D eigenvalue weighted by Gasteiger charge is -2.35. The van der Waals surface area contributed by atoms with E-state index in [1.807, 2.05) is 60.4 Å². The lowest BCUT2D eigenvalue weighted by atomic mass is 9.91. The molecule has 1 N–H and O–H groups in total. The second-order valence-electron chi connectivity index (χ2n) is 8.25. The van der Waals surface area contributed by atoms with Crippen molar-refractivity contribution in [2.45, 2.75) is 37.7 Å². The number of H-pyrrole nitrogens is 1. The molecule has 2 unspecified atom stereocenters. The number of likely N-dealkylation sites (tertiary alicyclic amines) is 1. The molecular formula is C23H23ClN4O2. The predicted molar refractivity (Wildman–Crippen MR) is 117 cm³/mol. The van der Waals surface area contributed by atoms with Gasteiger partial charge >= 0.3 is 0 Å². The monoisotopic (exact) mass is 422 g/mol. The maximum atomic E-state index is 13.4. The molecule has 2 aliphatic rings. The van der Waals surface area contributed by atoms with Gasteiger partial charge in [0.15, 0.2) is 0 Å². The van der Waals surface area contributed by atoms with Crippen LogP contribution in [0.3, 0.4) is 0 Å². The van der Waals surface area contributed by atoms with Crippen molar-refractivity contribution in [3.05, 3.63) is 64.9 Å². The average molecular weight is 423 g/mol. The van der Waals surface area contributed by atoms with E-state index in [1.165, 1.54) is 0 Å². The first-order valence-corrected chi connectivity index (χ1v) is 10.7. The Labute approximate surface area is 179 Å². The quantitative estimate of drug-likeness (QED) is 0.675. The molecule has 154 valence electrons. The van der Waals surface area contributed by atoms with Gasteiger partial charge in [0.1, 0.15) is 5.82 Å². The number of halogens is 1. The van der Waals surface area contributed by atoms with Gasteiger partial charge in [-0.1, -0.05) is 47.1 Å². The number of carbonyl (C=O) groups excluding carboxylic acids is 1. The SMILES string of the molecule is CC1(C(=O)N2CCCC(c3nc4ccccc4[nH]3)C2)CC(c2ccccc2Cl)=NO1. The molecule has 2 aliphatic heterocycles. The third-order valence-corrected chi connectivity index (χ3v) is 6.33. The average Bonchev–Trinajstić information content (AvgIpc) is 3.38. The molecule has 2 aromatic carbocycles. The molecule has 5 rings (SSSR count). The lowest BCUT2D eigenvalue weighted by molar-refractivity contribution is -0.154. The maximum Gasteiger partial charge on any atom is 0.269 e. The molecule has 1 aromatic heterocycles. The number of hydrogen-bond donors (Lipinski definition) is 1. The zero-order valence-corrected chi connectivity index (χ0v) is 17.5. The summed E-state index contributed by atoms with van der Waals surface area (Å²) in [6.07, 6.45) is 2.34. The van der Waals surface area contributed by atoms with E-state index in [4.69, 9.17) is 21.4 Å². The Kier molecular flexibility index (Phi) is 4.74. The molecule has 2 atom stereocenters. The van der Waals surface area contributed by atoms with E-state index in [0.717, 1.165) is 41.8 Å². The third kappa shape index (κ3) is 3.35. The van der Waals surface area contributed by atoms with Crippen LogP contribution in [0.1, 0.15) is 43.5 Å². The summed E-state index contributed by atoms with van der Waals surface area (Å²) in [5.41, 5.74) is 2.50. The summed E-state index contributed by atoms with van der Waals surface area (Å²) in [5, 5.41) is 4.82. The molecule has 0 bridgehead atoms. The number of imidazole rings is 1. The number of para-hydroxylation sites is 2. The number of nitrogens with zero attached hydrogens (tertiary/aromatic N) is 3. The van der Waals surface area contributed by atoms with Crippen LogP contribution in [-0.2, 0) is 9.63 Å². The molecule has 0 saturated carbocycles. The highest BCUT2D eigenvalue weighted by molar-refractivity contribution is 6.34. The number of oxime groups is 1. The molecule has 0 radical (unpaired) electrons. The summed E-state index contributed by atoms with van der Waals surface area (Å²) in [5.74, 6) is 1.09. The first-order valence-electron chi connectivity index (χ1n) is 10.3. The zero-order chi connectivity index (χ0) is 20.7. The van der Waals surface area contributed by atoms with Gasteiger partial charge in [0.25, 0.3) is 5.91 Å². The zero-order valence-electron chi connectivity index (χ0n) is 16.8. The molecule has 7 heteroatoms. The summed E-state index contributed by atoms with van der Waals surface area (Å²) in [6, 6.07) is 15.5. The van der Waals surface area contributed by atoms with Crippen LogP contribution in [0.2, 0.25) is 5.02 Å². The smallest absolute Gasteiger partial charge is 0.269 e. The van der Waals surface area contributed by atoms with Gasteiger partial charge in [0.05, 0.1) is 16.7 Å². The Balaban J connectivity index is 1.32. The minimum absolute atomic E-state index is 0.0332. The number of rotatable bonds is 3. The standard InChI is InChI=1S/C23H23ClN4O2/c1-23(13-20(27-30-23)16-8-2-3-9-17(16)24)22(29)28-12-6-7-15(14-28)21-25-18-10-4-5-11-19(18)26-21/h2-5,8-11,15H,6-7,12-14H2,1H3,(H,25,26). The van der Waals surface area contributed by atoms with E-state index in [2.05, 4.69) is 10.1 Å². The van der Waals surface area contributed by atoms with Gasteiger partial charge in [0.2, 0.25) is 5.60 Å². The molecule has 1 amide bonds. The summed E-state index contributed by atoms with van der Waals surface area (Å²) in [7, 11) is 0. The second-order valence-corrected chi connectivity index (χ2v) is 8.65. The van der Waals surface area contributed by atoms with Crippen LogP contribution in [0.4, 0.5) is 0 Å². The van der Waals surface area contributed by atoms with E-state index in [1.54, 1.807) is 0 Å². The number of aromatic nitrogens is 2. The molecule has 3 aromatic rings. The molecule has 1 fully saturated rings. The summed E-state index contributed by atoms with van der Waals surface area (Å²) in [4.78, 5) is 29.1. The van der Waals surface area contributed by atoms with Crippen molar-refractivity contribution in [2.24, 2.45) is 5.16 Å². The summed E-state index contributed by atoms with van der Waals surface area (Å²) >= 11 is 6.30. The Bertz CT molecular complexity index is 1110. The van der Waals surface area contributed by atoms with Crippen molar-refractivity contribution < 1.29 is 9.63 Å². The molecule has 0 spiro atoms. The van der Waals surface area contributed by atoms with Gasteiger partial charge in [-0.2, -0.15) is 0 Å². The molecule has 1 saturated heterocycles. The highest BCUT2D eigenvalue weighted by Gasteiger charge is 2.46. The first-order chi connectivity index (χ1) is 14.5. The highest BCUT2D eigenvalue weighted by atomic mass is 35.5. The number of fused-ring (bicyclic) bond motifs is 1. The number of nitrogens with one attached hydrogen (secondary N) is 1. The van der Waals surface area contributed by atoms with Crippen molar-refractivity contribution in [3.63, 3.8) is 0 Å². The Morgan fingerprint density at radius 2 is 2.03 bits per heavy atom. The van der Waals surface area contributed by atoms with Gasteiger partial charge in [0, 0.05) is 36.0 Å².